The lowest BCUT2D eigenvalue weighted by atomic mass is 10.3. The van der Waals surface area contributed by atoms with Gasteiger partial charge in [0.25, 0.3) is 0 Å². The summed E-state index contributed by atoms with van der Waals surface area (Å²) in [4.78, 5) is 11.8. The molecule has 8 heteroatoms. The molecule has 0 unspecified atom stereocenters. The van der Waals surface area contributed by atoms with Crippen molar-refractivity contribution in [3.8, 4) is 0 Å². The van der Waals surface area contributed by atoms with E-state index >= 15 is 0 Å². The molecule has 1 aromatic heterocycles. The smallest absolute Gasteiger partial charge is 0.232 e. The van der Waals surface area contributed by atoms with Crippen molar-refractivity contribution < 1.29 is 22.0 Å². The highest BCUT2D eigenvalue weighted by atomic mass is 32.2. The summed E-state index contributed by atoms with van der Waals surface area (Å²) < 4.78 is 43.5. The zero-order valence-corrected chi connectivity index (χ0v) is 13.3. The van der Waals surface area contributed by atoms with E-state index < -0.39 is 15.8 Å². The van der Waals surface area contributed by atoms with Gasteiger partial charge in [-0.25, -0.2) is 12.8 Å². The third kappa shape index (κ3) is 4.82. The molecule has 1 heterocycles. The maximum atomic E-state index is 13.8. The van der Waals surface area contributed by atoms with Crippen LogP contribution in [0, 0.1) is 5.82 Å². The minimum absolute atomic E-state index is 0.0752. The first-order valence-corrected chi connectivity index (χ1v) is 8.74. The van der Waals surface area contributed by atoms with E-state index in [4.69, 9.17) is 4.42 Å². The molecule has 1 amide bonds. The number of furan rings is 1. The summed E-state index contributed by atoms with van der Waals surface area (Å²) in [5.41, 5.74) is -0.0752. The molecule has 2 aromatic rings. The number of benzene rings is 1. The number of rotatable bonds is 7. The van der Waals surface area contributed by atoms with Gasteiger partial charge in [0, 0.05) is 13.0 Å². The first-order valence-electron chi connectivity index (χ1n) is 6.89. The van der Waals surface area contributed by atoms with Gasteiger partial charge in [0.2, 0.25) is 15.9 Å². The molecule has 6 nitrogen and oxygen atoms in total. The molecular formula is C15H17FN2O4S. The Morgan fingerprint density at radius 3 is 2.61 bits per heavy atom. The van der Waals surface area contributed by atoms with Gasteiger partial charge in [-0.15, -0.1) is 0 Å². The molecule has 0 aliphatic carbocycles. The topological polar surface area (TPSA) is 79.6 Å². The van der Waals surface area contributed by atoms with E-state index in [0.29, 0.717) is 5.76 Å². The monoisotopic (exact) mass is 340 g/mol. The number of nitrogens with one attached hydrogen (secondary N) is 1. The Labute approximate surface area is 134 Å². The van der Waals surface area contributed by atoms with Crippen LogP contribution in [0.2, 0.25) is 0 Å². The quantitative estimate of drug-likeness (QED) is 0.835. The number of anilines is 1. The van der Waals surface area contributed by atoms with Crippen LogP contribution < -0.4 is 9.62 Å². The molecule has 0 aliphatic heterocycles. The fourth-order valence-corrected chi connectivity index (χ4v) is 2.94. The molecule has 0 aliphatic rings. The van der Waals surface area contributed by atoms with Crippen LogP contribution in [0.15, 0.2) is 47.1 Å². The molecule has 0 atom stereocenters. The third-order valence-corrected chi connectivity index (χ3v) is 4.28. The zero-order valence-electron chi connectivity index (χ0n) is 12.5. The van der Waals surface area contributed by atoms with E-state index in [1.54, 1.807) is 12.1 Å². The van der Waals surface area contributed by atoms with E-state index in [2.05, 4.69) is 5.32 Å². The van der Waals surface area contributed by atoms with Crippen LogP contribution in [0.25, 0.3) is 0 Å². The third-order valence-electron chi connectivity index (χ3n) is 3.10. The second kappa shape index (κ2) is 7.28. The van der Waals surface area contributed by atoms with Gasteiger partial charge in [0.05, 0.1) is 24.8 Å². The van der Waals surface area contributed by atoms with Crippen molar-refractivity contribution in [1.29, 1.82) is 0 Å². The minimum Gasteiger partial charge on any atom is -0.467 e. The number of para-hydroxylation sites is 1. The molecule has 0 bridgehead atoms. The van der Waals surface area contributed by atoms with E-state index in [1.165, 1.54) is 30.5 Å². The zero-order chi connectivity index (χ0) is 16.9. The van der Waals surface area contributed by atoms with E-state index in [1.807, 2.05) is 0 Å². The number of halogens is 1. The highest BCUT2D eigenvalue weighted by Gasteiger charge is 2.21. The standard InChI is InChI=1S/C15H17FN2O4S/c1-23(20,21)18(14-7-3-2-6-13(14)16)9-8-15(19)17-11-12-5-4-10-22-12/h2-7,10H,8-9,11H2,1H3,(H,17,19). The van der Waals surface area contributed by atoms with E-state index in [0.717, 1.165) is 10.6 Å². The van der Waals surface area contributed by atoms with Crippen LogP contribution in [0.4, 0.5) is 10.1 Å². The van der Waals surface area contributed by atoms with Crippen molar-refractivity contribution in [3.05, 3.63) is 54.2 Å². The lowest BCUT2D eigenvalue weighted by Gasteiger charge is -2.22. The Kier molecular flexibility index (Phi) is 5.38. The highest BCUT2D eigenvalue weighted by molar-refractivity contribution is 7.92. The average Bonchev–Trinajstić information content (AvgIpc) is 2.99. The Morgan fingerprint density at radius 1 is 1.26 bits per heavy atom. The van der Waals surface area contributed by atoms with Gasteiger partial charge in [-0.1, -0.05) is 12.1 Å². The van der Waals surface area contributed by atoms with Gasteiger partial charge in [0.15, 0.2) is 0 Å². The van der Waals surface area contributed by atoms with Crippen LogP contribution in [0.3, 0.4) is 0 Å². The lowest BCUT2D eigenvalue weighted by molar-refractivity contribution is -0.121. The first-order chi connectivity index (χ1) is 10.9. The molecule has 2 rings (SSSR count). The van der Waals surface area contributed by atoms with E-state index in [-0.39, 0.29) is 31.1 Å². The van der Waals surface area contributed by atoms with Gasteiger partial charge in [-0.05, 0) is 24.3 Å². The summed E-state index contributed by atoms with van der Waals surface area (Å²) in [5.74, 6) is -0.423. The first kappa shape index (κ1) is 17.0. The number of nitrogens with zero attached hydrogens (tertiary/aromatic N) is 1. The molecule has 124 valence electrons. The lowest BCUT2D eigenvalue weighted by Crippen LogP contribution is -2.35. The molecule has 0 spiro atoms. The van der Waals surface area contributed by atoms with Crippen LogP contribution in [-0.2, 0) is 21.4 Å². The number of amides is 1. The van der Waals surface area contributed by atoms with Crippen molar-refractivity contribution in [1.82, 2.24) is 5.32 Å². The number of hydrogen-bond acceptors (Lipinski definition) is 4. The Bertz CT molecular complexity index is 760. The van der Waals surface area contributed by atoms with Crippen molar-refractivity contribution in [2.24, 2.45) is 0 Å². The summed E-state index contributed by atoms with van der Waals surface area (Å²) >= 11 is 0. The van der Waals surface area contributed by atoms with Gasteiger partial charge < -0.3 is 9.73 Å². The predicted molar refractivity (Wildman–Crippen MR) is 83.8 cm³/mol. The largest absolute Gasteiger partial charge is 0.467 e. The summed E-state index contributed by atoms with van der Waals surface area (Å²) in [5, 5.41) is 2.61. The summed E-state index contributed by atoms with van der Waals surface area (Å²) in [6.45, 7) is 0.0637. The van der Waals surface area contributed by atoms with Gasteiger partial charge in [-0.3, -0.25) is 9.10 Å². The van der Waals surface area contributed by atoms with Crippen LogP contribution in [-0.4, -0.2) is 27.1 Å². The maximum Gasteiger partial charge on any atom is 0.232 e. The molecule has 1 aromatic carbocycles. The fraction of sp³-hybridized carbons (Fsp3) is 0.267. The second-order valence-corrected chi connectivity index (χ2v) is 6.80. The van der Waals surface area contributed by atoms with Crippen molar-refractivity contribution >= 4 is 21.6 Å². The molecule has 0 saturated heterocycles. The Morgan fingerprint density at radius 2 is 2.00 bits per heavy atom. The average molecular weight is 340 g/mol. The number of hydrogen-bond donors (Lipinski definition) is 1. The molecule has 0 saturated carbocycles. The van der Waals surface area contributed by atoms with Gasteiger partial charge in [-0.2, -0.15) is 0 Å². The summed E-state index contributed by atoms with van der Waals surface area (Å²) in [7, 11) is -3.70. The number of sulfonamides is 1. The summed E-state index contributed by atoms with van der Waals surface area (Å²) in [6.07, 6.45) is 2.37. The van der Waals surface area contributed by atoms with Gasteiger partial charge >= 0.3 is 0 Å². The maximum absolute atomic E-state index is 13.8. The van der Waals surface area contributed by atoms with Crippen molar-refractivity contribution in [2.45, 2.75) is 13.0 Å². The fourth-order valence-electron chi connectivity index (χ4n) is 2.01. The highest BCUT2D eigenvalue weighted by Crippen LogP contribution is 2.21. The molecule has 1 N–H and O–H groups in total. The normalized spacial score (nSPS) is 11.2. The number of carbonyl (C=O) groups excluding carboxylic acids is 1. The SMILES string of the molecule is CS(=O)(=O)N(CCC(=O)NCc1ccco1)c1ccccc1F. The van der Waals surface area contributed by atoms with Crippen LogP contribution in [0.1, 0.15) is 12.2 Å². The molecule has 23 heavy (non-hydrogen) atoms. The van der Waals surface area contributed by atoms with Crippen molar-refractivity contribution in [2.75, 3.05) is 17.1 Å². The second-order valence-electron chi connectivity index (χ2n) is 4.89. The van der Waals surface area contributed by atoms with Gasteiger partial charge in [0.1, 0.15) is 11.6 Å². The van der Waals surface area contributed by atoms with Crippen LogP contribution in [0.5, 0.6) is 0 Å². The molecule has 0 radical (unpaired) electrons. The van der Waals surface area contributed by atoms with E-state index in [9.17, 15) is 17.6 Å². The molecular weight excluding hydrogens is 323 g/mol. The minimum atomic E-state index is -3.70. The Hall–Kier alpha value is -2.35. The van der Waals surface area contributed by atoms with Crippen molar-refractivity contribution in [3.63, 3.8) is 0 Å². The predicted octanol–water partition coefficient (Wildman–Crippen LogP) is 1.89. The van der Waals surface area contributed by atoms with Crippen LogP contribution >= 0.6 is 0 Å². The Balaban J connectivity index is 1.99. The summed E-state index contributed by atoms with van der Waals surface area (Å²) in [6, 6.07) is 8.94. The molecule has 0 fully saturated rings. The number of carbonyl (C=O) groups is 1.